The summed E-state index contributed by atoms with van der Waals surface area (Å²) in [5, 5.41) is 10.3. The molecule has 1 aromatic carbocycles. The van der Waals surface area contributed by atoms with Crippen molar-refractivity contribution in [1.29, 1.82) is 0 Å². The first kappa shape index (κ1) is 21.7. The number of benzene rings is 1. The molecule has 1 amide bonds. The summed E-state index contributed by atoms with van der Waals surface area (Å²) < 4.78 is 37.4. The Hall–Kier alpha value is -2.98. The van der Waals surface area contributed by atoms with E-state index in [4.69, 9.17) is 8.83 Å². The van der Waals surface area contributed by atoms with E-state index in [1.165, 1.54) is 28.6 Å². The lowest BCUT2D eigenvalue weighted by atomic mass is 10.2. The Labute approximate surface area is 175 Å². The number of carbonyl (C=O) groups is 1. The zero-order valence-corrected chi connectivity index (χ0v) is 18.1. The highest BCUT2D eigenvalue weighted by Crippen LogP contribution is 2.26. The number of anilines is 1. The summed E-state index contributed by atoms with van der Waals surface area (Å²) in [6.45, 7) is 6.02. The molecule has 3 aromatic rings. The molecular weight excluding hydrogens is 408 g/mol. The van der Waals surface area contributed by atoms with Crippen molar-refractivity contribution in [3.63, 3.8) is 0 Å². The number of aryl methyl sites for hydroxylation is 2. The topological polar surface area (TPSA) is 119 Å². The summed E-state index contributed by atoms with van der Waals surface area (Å²) >= 11 is 0. The summed E-state index contributed by atoms with van der Waals surface area (Å²) in [6.07, 6.45) is 1.68. The van der Waals surface area contributed by atoms with E-state index >= 15 is 0 Å². The van der Waals surface area contributed by atoms with Crippen molar-refractivity contribution in [3.05, 3.63) is 47.4 Å². The Balaban J connectivity index is 1.70. The van der Waals surface area contributed by atoms with Crippen LogP contribution in [-0.2, 0) is 10.0 Å². The predicted octanol–water partition coefficient (Wildman–Crippen LogP) is 3.62. The van der Waals surface area contributed by atoms with Crippen molar-refractivity contribution in [2.24, 2.45) is 0 Å². The molecule has 30 heavy (non-hydrogen) atoms. The van der Waals surface area contributed by atoms with Crippen molar-refractivity contribution >= 4 is 21.9 Å². The highest BCUT2D eigenvalue weighted by molar-refractivity contribution is 7.89. The third-order valence-corrected chi connectivity index (χ3v) is 6.44. The fourth-order valence-electron chi connectivity index (χ4n) is 2.85. The molecule has 2 heterocycles. The van der Waals surface area contributed by atoms with Crippen molar-refractivity contribution in [1.82, 2.24) is 14.5 Å². The van der Waals surface area contributed by atoms with Crippen LogP contribution < -0.4 is 5.32 Å². The average Bonchev–Trinajstić information content (AvgIpc) is 3.31. The highest BCUT2D eigenvalue weighted by Gasteiger charge is 2.21. The molecule has 0 unspecified atom stereocenters. The molecule has 0 saturated carbocycles. The first-order valence-corrected chi connectivity index (χ1v) is 10.9. The Bertz CT molecular complexity index is 1130. The number of nitrogens with one attached hydrogen (secondary N) is 1. The summed E-state index contributed by atoms with van der Waals surface area (Å²) in [5.74, 6) is 1.08. The van der Waals surface area contributed by atoms with Gasteiger partial charge in [-0.2, -0.15) is 0 Å². The molecule has 0 atom stereocenters. The molecule has 2 aromatic heterocycles. The van der Waals surface area contributed by atoms with E-state index in [1.807, 2.05) is 6.92 Å². The molecule has 0 bridgehead atoms. The van der Waals surface area contributed by atoms with Gasteiger partial charge in [-0.15, -0.1) is 5.10 Å². The number of amides is 1. The number of hydrogen-bond donors (Lipinski definition) is 1. The van der Waals surface area contributed by atoms with E-state index in [1.54, 1.807) is 27.0 Å². The van der Waals surface area contributed by atoms with Gasteiger partial charge >= 0.3 is 6.01 Å². The van der Waals surface area contributed by atoms with E-state index < -0.39 is 15.9 Å². The van der Waals surface area contributed by atoms with Crippen LogP contribution in [0, 0.1) is 13.8 Å². The van der Waals surface area contributed by atoms with Gasteiger partial charge in [0.25, 0.3) is 11.8 Å². The van der Waals surface area contributed by atoms with E-state index in [9.17, 15) is 13.2 Å². The van der Waals surface area contributed by atoms with Crippen LogP contribution in [0.25, 0.3) is 11.5 Å². The molecule has 9 nitrogen and oxygen atoms in total. The van der Waals surface area contributed by atoms with Crippen LogP contribution in [0.2, 0.25) is 0 Å². The molecule has 1 N–H and O–H groups in total. The zero-order valence-electron chi connectivity index (χ0n) is 17.3. The van der Waals surface area contributed by atoms with Gasteiger partial charge in [-0.3, -0.25) is 10.1 Å². The molecule has 0 aliphatic carbocycles. The molecule has 10 heteroatoms. The van der Waals surface area contributed by atoms with E-state index in [0.717, 1.165) is 12.8 Å². The lowest BCUT2D eigenvalue weighted by molar-refractivity contribution is 0.102. The molecule has 0 saturated heterocycles. The second kappa shape index (κ2) is 8.80. The second-order valence-corrected chi connectivity index (χ2v) is 8.94. The third kappa shape index (κ3) is 4.60. The first-order valence-electron chi connectivity index (χ1n) is 9.51. The first-order chi connectivity index (χ1) is 14.2. The fraction of sp³-hybridized carbons (Fsp3) is 0.350. The predicted molar refractivity (Wildman–Crippen MR) is 111 cm³/mol. The molecule has 0 aliphatic rings. The van der Waals surface area contributed by atoms with Gasteiger partial charge in [-0.05, 0) is 50.6 Å². The average molecular weight is 433 g/mol. The van der Waals surface area contributed by atoms with E-state index in [-0.39, 0.29) is 22.4 Å². The largest absolute Gasteiger partial charge is 0.466 e. The Morgan fingerprint density at radius 3 is 2.43 bits per heavy atom. The molecule has 0 spiro atoms. The van der Waals surface area contributed by atoms with Gasteiger partial charge in [-0.1, -0.05) is 18.4 Å². The minimum Gasteiger partial charge on any atom is -0.466 e. The van der Waals surface area contributed by atoms with Crippen LogP contribution in [0.3, 0.4) is 0 Å². The number of sulfonamides is 1. The maximum Gasteiger partial charge on any atom is 0.322 e. The number of hydrogen-bond acceptors (Lipinski definition) is 7. The number of rotatable bonds is 8. The maximum atomic E-state index is 12.6. The monoisotopic (exact) mass is 432 g/mol. The number of furan rings is 1. The number of unbranched alkanes of at least 4 members (excludes halogenated alkanes) is 1. The van der Waals surface area contributed by atoms with Crippen LogP contribution in [0.5, 0.6) is 0 Å². The molecule has 0 radical (unpaired) electrons. The lowest BCUT2D eigenvalue weighted by Gasteiger charge is -2.16. The molecule has 0 fully saturated rings. The minimum atomic E-state index is -3.59. The normalized spacial score (nSPS) is 11.8. The standard InChI is InChI=1S/C20H24N4O5S/c1-5-6-11-24(4)30(26,27)16-9-7-15(8-10-16)18(25)21-20-23-22-19(29-20)17-12-13(2)28-14(17)3/h7-10,12H,5-6,11H2,1-4H3,(H,21,23,25). The Morgan fingerprint density at radius 2 is 1.83 bits per heavy atom. The van der Waals surface area contributed by atoms with Crippen molar-refractivity contribution in [3.8, 4) is 11.5 Å². The second-order valence-electron chi connectivity index (χ2n) is 6.90. The minimum absolute atomic E-state index is 0.0655. The Morgan fingerprint density at radius 1 is 1.13 bits per heavy atom. The molecule has 0 aliphatic heterocycles. The summed E-state index contributed by atoms with van der Waals surface area (Å²) in [4.78, 5) is 12.6. The molecular formula is C20H24N4O5S. The number of nitrogens with zero attached hydrogens (tertiary/aromatic N) is 3. The van der Waals surface area contributed by atoms with Gasteiger partial charge in [0.05, 0.1) is 10.5 Å². The number of carbonyl (C=O) groups excluding carboxylic acids is 1. The fourth-order valence-corrected chi connectivity index (χ4v) is 4.06. The summed E-state index contributed by atoms with van der Waals surface area (Å²) in [5.41, 5.74) is 0.919. The van der Waals surface area contributed by atoms with Gasteiger partial charge < -0.3 is 8.83 Å². The van der Waals surface area contributed by atoms with Crippen LogP contribution in [0.1, 0.15) is 41.6 Å². The van der Waals surface area contributed by atoms with Gasteiger partial charge in [-0.25, -0.2) is 12.7 Å². The maximum absolute atomic E-state index is 12.6. The van der Waals surface area contributed by atoms with Gasteiger partial charge in [0.15, 0.2) is 0 Å². The summed E-state index contributed by atoms with van der Waals surface area (Å²) in [6, 6.07) is 7.40. The third-order valence-electron chi connectivity index (χ3n) is 4.57. The van der Waals surface area contributed by atoms with E-state index in [0.29, 0.717) is 23.6 Å². The molecule has 3 rings (SSSR count). The molecule has 160 valence electrons. The van der Waals surface area contributed by atoms with Crippen molar-refractivity contribution < 1.29 is 22.0 Å². The summed E-state index contributed by atoms with van der Waals surface area (Å²) in [7, 11) is -2.05. The van der Waals surface area contributed by atoms with Gasteiger partial charge in [0.1, 0.15) is 11.5 Å². The van der Waals surface area contributed by atoms with Crippen LogP contribution >= 0.6 is 0 Å². The lowest BCUT2D eigenvalue weighted by Crippen LogP contribution is -2.28. The SMILES string of the molecule is CCCCN(C)S(=O)(=O)c1ccc(C(=O)Nc2nnc(-c3cc(C)oc3C)o2)cc1. The van der Waals surface area contributed by atoms with Gasteiger partial charge in [0, 0.05) is 19.2 Å². The van der Waals surface area contributed by atoms with Crippen LogP contribution in [-0.4, -0.2) is 42.4 Å². The zero-order chi connectivity index (χ0) is 21.9. The quantitative estimate of drug-likeness (QED) is 0.577. The Kier molecular flexibility index (Phi) is 6.37. The van der Waals surface area contributed by atoms with Crippen LogP contribution in [0.15, 0.2) is 44.1 Å². The van der Waals surface area contributed by atoms with Gasteiger partial charge in [0.2, 0.25) is 10.0 Å². The van der Waals surface area contributed by atoms with E-state index in [2.05, 4.69) is 15.5 Å². The van der Waals surface area contributed by atoms with Crippen LogP contribution in [0.4, 0.5) is 6.01 Å². The number of aromatic nitrogens is 2. The smallest absolute Gasteiger partial charge is 0.322 e. The van der Waals surface area contributed by atoms with Crippen molar-refractivity contribution in [2.45, 2.75) is 38.5 Å². The van der Waals surface area contributed by atoms with Crippen molar-refractivity contribution in [2.75, 3.05) is 18.9 Å². The highest BCUT2D eigenvalue weighted by atomic mass is 32.2.